The highest BCUT2D eigenvalue weighted by Crippen LogP contribution is 2.43. The summed E-state index contributed by atoms with van der Waals surface area (Å²) in [5, 5.41) is 0.116. The first-order chi connectivity index (χ1) is 11.5. The Labute approximate surface area is 161 Å². The molecule has 26 heavy (non-hydrogen) atoms. The molecule has 148 valence electrons. The van der Waals surface area contributed by atoms with E-state index in [1.807, 2.05) is 6.07 Å². The van der Waals surface area contributed by atoms with Gasteiger partial charge in [0.15, 0.2) is 0 Å². The Morgan fingerprint density at radius 2 is 1.23 bits per heavy atom. The number of carbonyl (C=O) groups excluding carboxylic acids is 1. The van der Waals surface area contributed by atoms with E-state index in [4.69, 9.17) is 13.6 Å². The zero-order chi connectivity index (χ0) is 20.6. The summed E-state index contributed by atoms with van der Waals surface area (Å²) in [7, 11) is -2.73. The summed E-state index contributed by atoms with van der Waals surface area (Å²) >= 11 is 0. The van der Waals surface area contributed by atoms with Gasteiger partial charge in [-0.2, -0.15) is 0 Å². The third-order valence-corrected chi connectivity index (χ3v) is 14.4. The predicted octanol–water partition coefficient (Wildman–Crippen LogP) is 6.24. The summed E-state index contributed by atoms with van der Waals surface area (Å²) in [6, 6.07) is 5.34. The van der Waals surface area contributed by atoms with Gasteiger partial charge in [-0.05, 0) is 54.5 Å². The molecule has 0 aliphatic rings. The van der Waals surface area contributed by atoms with Crippen LogP contribution in [0.4, 0.5) is 0 Å². The molecule has 0 saturated carbocycles. The summed E-state index contributed by atoms with van der Waals surface area (Å²) in [6.07, 6.45) is 0. The van der Waals surface area contributed by atoms with Gasteiger partial charge in [0.25, 0.3) is 16.6 Å². The van der Waals surface area contributed by atoms with Crippen LogP contribution in [-0.2, 0) is 4.74 Å². The first-order valence-corrected chi connectivity index (χ1v) is 14.9. The Morgan fingerprint density at radius 1 is 0.808 bits per heavy atom. The summed E-state index contributed by atoms with van der Waals surface area (Å²) in [6.45, 7) is 22.0. The minimum absolute atomic E-state index is 0.0442. The summed E-state index contributed by atoms with van der Waals surface area (Å²) < 4.78 is 17.9. The van der Waals surface area contributed by atoms with Crippen LogP contribution < -0.4 is 8.85 Å². The number of carbonyl (C=O) groups is 1. The van der Waals surface area contributed by atoms with E-state index in [9.17, 15) is 4.79 Å². The monoisotopic (exact) mass is 396 g/mol. The van der Waals surface area contributed by atoms with Crippen LogP contribution in [0.25, 0.3) is 0 Å². The van der Waals surface area contributed by atoms with Crippen molar-refractivity contribution in [2.45, 2.75) is 77.8 Å². The van der Waals surface area contributed by atoms with Crippen molar-refractivity contribution in [2.75, 3.05) is 7.11 Å². The number of esters is 1. The van der Waals surface area contributed by atoms with Crippen molar-refractivity contribution in [1.82, 2.24) is 0 Å². The van der Waals surface area contributed by atoms with Crippen molar-refractivity contribution < 1.29 is 18.4 Å². The molecule has 0 N–H and O–H groups in total. The van der Waals surface area contributed by atoms with Crippen LogP contribution in [0.15, 0.2) is 18.2 Å². The Bertz CT molecular complexity index is 653. The maximum absolute atomic E-state index is 12.0. The first kappa shape index (κ1) is 22.8. The van der Waals surface area contributed by atoms with Crippen LogP contribution in [-0.4, -0.2) is 29.7 Å². The average Bonchev–Trinajstić information content (AvgIpc) is 2.45. The second-order valence-corrected chi connectivity index (χ2v) is 19.3. The maximum atomic E-state index is 12.0. The molecule has 6 heteroatoms. The molecule has 1 aromatic rings. The Kier molecular flexibility index (Phi) is 6.47. The molecule has 0 aromatic heterocycles. The summed E-state index contributed by atoms with van der Waals surface area (Å²) in [5.74, 6) is 0.988. The summed E-state index contributed by atoms with van der Waals surface area (Å²) in [4.78, 5) is 12.0. The van der Waals surface area contributed by atoms with Gasteiger partial charge in [-0.1, -0.05) is 41.5 Å². The zero-order valence-electron chi connectivity index (χ0n) is 18.4. The number of benzene rings is 1. The van der Waals surface area contributed by atoms with Crippen LogP contribution in [0.3, 0.4) is 0 Å². The van der Waals surface area contributed by atoms with Gasteiger partial charge in [-0.15, -0.1) is 0 Å². The first-order valence-electron chi connectivity index (χ1n) is 9.12. The summed E-state index contributed by atoms with van der Waals surface area (Å²) in [5.41, 5.74) is 0.476. The molecule has 1 rings (SSSR count). The quantitative estimate of drug-likeness (QED) is 0.436. The average molecular weight is 397 g/mol. The van der Waals surface area contributed by atoms with E-state index < -0.39 is 16.6 Å². The second kappa shape index (κ2) is 7.39. The predicted molar refractivity (Wildman–Crippen MR) is 113 cm³/mol. The topological polar surface area (TPSA) is 44.8 Å². The van der Waals surface area contributed by atoms with E-state index in [0.29, 0.717) is 17.1 Å². The molecule has 0 spiro atoms. The molecular formula is C20H36O4Si2. The molecular weight excluding hydrogens is 360 g/mol. The number of hydrogen-bond donors (Lipinski definition) is 0. The third kappa shape index (κ3) is 5.13. The van der Waals surface area contributed by atoms with Gasteiger partial charge in [-0.3, -0.25) is 0 Å². The fourth-order valence-corrected chi connectivity index (χ4v) is 3.81. The van der Waals surface area contributed by atoms with Gasteiger partial charge in [0.2, 0.25) is 0 Å². The van der Waals surface area contributed by atoms with Gasteiger partial charge in [0.05, 0.1) is 12.7 Å². The van der Waals surface area contributed by atoms with Crippen molar-refractivity contribution >= 4 is 22.6 Å². The van der Waals surface area contributed by atoms with E-state index in [0.717, 1.165) is 0 Å². The minimum atomic E-state index is -2.08. The molecule has 4 nitrogen and oxygen atoms in total. The van der Waals surface area contributed by atoms with E-state index in [1.54, 1.807) is 12.1 Å². The van der Waals surface area contributed by atoms with Crippen LogP contribution in [0.2, 0.25) is 36.3 Å². The number of hydrogen-bond acceptors (Lipinski definition) is 4. The lowest BCUT2D eigenvalue weighted by Crippen LogP contribution is -2.45. The van der Waals surface area contributed by atoms with E-state index >= 15 is 0 Å². The van der Waals surface area contributed by atoms with Crippen LogP contribution in [0.5, 0.6) is 11.5 Å². The van der Waals surface area contributed by atoms with Crippen molar-refractivity contribution in [3.05, 3.63) is 23.8 Å². The normalized spacial score (nSPS) is 13.3. The highest BCUT2D eigenvalue weighted by atomic mass is 28.4. The van der Waals surface area contributed by atoms with E-state index in [2.05, 4.69) is 67.7 Å². The molecule has 0 saturated heterocycles. The Hall–Kier alpha value is -1.28. The lowest BCUT2D eigenvalue weighted by molar-refractivity contribution is 0.0600. The van der Waals surface area contributed by atoms with Crippen molar-refractivity contribution in [3.63, 3.8) is 0 Å². The molecule has 1 aromatic carbocycles. The second-order valence-electron chi connectivity index (χ2n) is 9.88. The van der Waals surface area contributed by atoms with Crippen molar-refractivity contribution in [3.8, 4) is 11.5 Å². The smallest absolute Gasteiger partial charge is 0.337 e. The fraction of sp³-hybridized carbons (Fsp3) is 0.650. The molecule has 0 atom stereocenters. The molecule has 0 fully saturated rings. The lowest BCUT2D eigenvalue weighted by Gasteiger charge is -2.39. The zero-order valence-corrected chi connectivity index (χ0v) is 20.4. The third-order valence-electron chi connectivity index (χ3n) is 5.71. The fourth-order valence-electron chi connectivity index (χ4n) is 1.77. The Morgan fingerprint density at radius 3 is 1.62 bits per heavy atom. The number of rotatable bonds is 5. The van der Waals surface area contributed by atoms with Gasteiger partial charge < -0.3 is 13.6 Å². The van der Waals surface area contributed by atoms with E-state index in [1.165, 1.54) is 7.11 Å². The molecule has 0 bridgehead atoms. The molecule has 0 amide bonds. The van der Waals surface area contributed by atoms with Crippen molar-refractivity contribution in [1.29, 1.82) is 0 Å². The molecule has 0 heterocycles. The lowest BCUT2D eigenvalue weighted by atomic mass is 10.2. The molecule has 0 aliphatic heterocycles. The SMILES string of the molecule is COC(=O)c1ccc(O[Si](C)(C)C(C)(C)C)c(O[Si](C)(C)C(C)(C)C)c1. The Balaban J connectivity index is 3.40. The largest absolute Gasteiger partial charge is 0.541 e. The van der Waals surface area contributed by atoms with Crippen LogP contribution in [0, 0.1) is 0 Å². The standard InChI is InChI=1S/C20H36O4Si2/c1-19(2,3)25(8,9)23-16-13-12-15(18(21)22-7)14-17(16)24-26(10,11)20(4,5)6/h12-14H,1-11H3. The maximum Gasteiger partial charge on any atom is 0.337 e. The van der Waals surface area contributed by atoms with E-state index in [-0.39, 0.29) is 16.0 Å². The van der Waals surface area contributed by atoms with Gasteiger partial charge in [0, 0.05) is 0 Å². The van der Waals surface area contributed by atoms with Gasteiger partial charge >= 0.3 is 5.97 Å². The molecule has 0 aliphatic carbocycles. The van der Waals surface area contributed by atoms with Gasteiger partial charge in [-0.25, -0.2) is 4.79 Å². The highest BCUT2D eigenvalue weighted by Gasteiger charge is 2.42. The van der Waals surface area contributed by atoms with Crippen LogP contribution >= 0.6 is 0 Å². The van der Waals surface area contributed by atoms with Crippen LogP contribution in [0.1, 0.15) is 51.9 Å². The molecule has 0 radical (unpaired) electrons. The number of methoxy groups -OCH3 is 1. The number of ether oxygens (including phenoxy) is 1. The molecule has 0 unspecified atom stereocenters. The van der Waals surface area contributed by atoms with Crippen molar-refractivity contribution in [2.24, 2.45) is 0 Å². The van der Waals surface area contributed by atoms with Gasteiger partial charge in [0.1, 0.15) is 11.5 Å². The highest BCUT2D eigenvalue weighted by molar-refractivity contribution is 6.75. The minimum Gasteiger partial charge on any atom is -0.541 e.